The second-order valence-electron chi connectivity index (χ2n) is 7.71. The second kappa shape index (κ2) is 8.13. The minimum atomic E-state index is -0.220. The highest BCUT2D eigenvalue weighted by molar-refractivity contribution is 7.16. The molecule has 1 amide bonds. The molecule has 0 N–H and O–H groups in total. The van der Waals surface area contributed by atoms with E-state index >= 15 is 0 Å². The van der Waals surface area contributed by atoms with Crippen LogP contribution >= 0.6 is 11.3 Å². The molecule has 150 valence electrons. The maximum Gasteiger partial charge on any atom is 0.251 e. The molecule has 2 aromatic heterocycles. The number of hydrogen-bond acceptors (Lipinski definition) is 5. The molecule has 2 saturated heterocycles. The molecular weight excluding hydrogens is 384 g/mol. The van der Waals surface area contributed by atoms with Gasteiger partial charge in [-0.2, -0.15) is 0 Å². The second-order valence-corrected chi connectivity index (χ2v) is 8.60. The Kier molecular flexibility index (Phi) is 5.21. The van der Waals surface area contributed by atoms with E-state index in [0.29, 0.717) is 6.61 Å². The Hall–Kier alpha value is -2.44. The number of benzene rings is 1. The monoisotopic (exact) mass is 408 g/mol. The fourth-order valence-corrected chi connectivity index (χ4v) is 4.83. The smallest absolute Gasteiger partial charge is 0.251 e. The van der Waals surface area contributed by atoms with Gasteiger partial charge in [-0.05, 0) is 48.1 Å². The average Bonchev–Trinajstić information content (AvgIpc) is 3.46. The molecule has 2 aliphatic heterocycles. The predicted octanol–water partition coefficient (Wildman–Crippen LogP) is 4.51. The van der Waals surface area contributed by atoms with E-state index in [0.717, 1.165) is 60.5 Å². The minimum Gasteiger partial charge on any atom is -0.490 e. The average molecular weight is 409 g/mol. The molecule has 0 bridgehead atoms. The predicted molar refractivity (Wildman–Crippen MR) is 114 cm³/mol. The van der Waals surface area contributed by atoms with Crippen molar-refractivity contribution in [3.8, 4) is 16.9 Å². The molecule has 29 heavy (non-hydrogen) atoms. The van der Waals surface area contributed by atoms with E-state index < -0.39 is 0 Å². The Morgan fingerprint density at radius 2 is 1.93 bits per heavy atom. The van der Waals surface area contributed by atoms with E-state index in [1.165, 1.54) is 5.39 Å². The first kappa shape index (κ1) is 18.6. The van der Waals surface area contributed by atoms with Gasteiger partial charge in [0, 0.05) is 49.7 Å². The van der Waals surface area contributed by atoms with Crippen LogP contribution in [0.25, 0.3) is 21.3 Å². The molecule has 5 nitrogen and oxygen atoms in total. The van der Waals surface area contributed by atoms with E-state index in [2.05, 4.69) is 34.6 Å². The number of carbonyl (C=O) groups excluding carboxylic acids is 1. The normalized spacial score (nSPS) is 20.3. The maximum atomic E-state index is 12.5. The number of pyridine rings is 1. The number of amides is 1. The van der Waals surface area contributed by atoms with Gasteiger partial charge in [0.2, 0.25) is 0 Å². The number of nitrogens with zero attached hydrogens (tertiary/aromatic N) is 2. The minimum absolute atomic E-state index is 0.151. The van der Waals surface area contributed by atoms with Crippen LogP contribution in [0.15, 0.2) is 48.0 Å². The molecule has 0 radical (unpaired) electrons. The molecule has 2 aliphatic rings. The topological polar surface area (TPSA) is 51.7 Å². The molecular formula is C23H24N2O3S. The van der Waals surface area contributed by atoms with Crippen molar-refractivity contribution in [1.29, 1.82) is 0 Å². The lowest BCUT2D eigenvalue weighted by Crippen LogP contribution is -2.45. The van der Waals surface area contributed by atoms with Crippen LogP contribution in [0, 0.1) is 0 Å². The van der Waals surface area contributed by atoms with Gasteiger partial charge in [0.25, 0.3) is 5.91 Å². The summed E-state index contributed by atoms with van der Waals surface area (Å²) in [4.78, 5) is 20.0. The van der Waals surface area contributed by atoms with Crippen LogP contribution < -0.4 is 4.74 Å². The maximum absolute atomic E-state index is 12.5. The molecule has 0 spiro atoms. The summed E-state index contributed by atoms with van der Waals surface area (Å²) in [5.41, 5.74) is 2.25. The number of likely N-dealkylation sites (tertiary alicyclic amines) is 1. The van der Waals surface area contributed by atoms with Crippen molar-refractivity contribution in [2.45, 2.75) is 37.9 Å². The van der Waals surface area contributed by atoms with Gasteiger partial charge in [-0.25, -0.2) is 4.98 Å². The van der Waals surface area contributed by atoms with Gasteiger partial charge in [-0.3, -0.25) is 4.79 Å². The first-order valence-corrected chi connectivity index (χ1v) is 11.1. The molecule has 2 fully saturated rings. The zero-order chi connectivity index (χ0) is 19.6. The summed E-state index contributed by atoms with van der Waals surface area (Å²) >= 11 is 1.66. The van der Waals surface area contributed by atoms with Gasteiger partial charge in [0.05, 0.1) is 0 Å². The van der Waals surface area contributed by atoms with Crippen LogP contribution in [0.1, 0.15) is 25.7 Å². The summed E-state index contributed by atoms with van der Waals surface area (Å²) < 4.78 is 11.7. The highest BCUT2D eigenvalue weighted by Crippen LogP contribution is 2.28. The molecule has 3 aromatic rings. The van der Waals surface area contributed by atoms with E-state index in [9.17, 15) is 4.79 Å². The number of ether oxygens (including phenoxy) is 2. The lowest BCUT2D eigenvalue weighted by Gasteiger charge is -2.33. The SMILES string of the molecule is O=C(C1CCCO1)N1CCC(Oc2ccc(-c3cnc4sccc4c3)cc2)CC1. The number of aromatic nitrogens is 1. The molecule has 5 rings (SSSR count). The summed E-state index contributed by atoms with van der Waals surface area (Å²) in [6, 6.07) is 12.5. The third-order valence-electron chi connectivity index (χ3n) is 5.76. The first-order chi connectivity index (χ1) is 14.3. The van der Waals surface area contributed by atoms with Gasteiger partial charge in [-0.15, -0.1) is 11.3 Å². The van der Waals surface area contributed by atoms with Crippen molar-refractivity contribution >= 4 is 27.5 Å². The number of hydrogen-bond donors (Lipinski definition) is 0. The zero-order valence-corrected chi connectivity index (χ0v) is 17.1. The largest absolute Gasteiger partial charge is 0.490 e. The van der Waals surface area contributed by atoms with Crippen LogP contribution in [0.2, 0.25) is 0 Å². The highest BCUT2D eigenvalue weighted by atomic mass is 32.1. The molecule has 6 heteroatoms. The zero-order valence-electron chi connectivity index (χ0n) is 16.3. The highest BCUT2D eigenvalue weighted by Gasteiger charge is 2.31. The molecule has 4 heterocycles. The van der Waals surface area contributed by atoms with Gasteiger partial charge in [-0.1, -0.05) is 12.1 Å². The first-order valence-electron chi connectivity index (χ1n) is 10.3. The van der Waals surface area contributed by atoms with Crippen molar-refractivity contribution in [2.24, 2.45) is 0 Å². The van der Waals surface area contributed by atoms with Gasteiger partial charge < -0.3 is 14.4 Å². The molecule has 0 aliphatic carbocycles. The van der Waals surface area contributed by atoms with Crippen LogP contribution in [0.5, 0.6) is 5.75 Å². The number of thiophene rings is 1. The molecule has 1 atom stereocenters. The number of fused-ring (bicyclic) bond motifs is 1. The van der Waals surface area contributed by atoms with E-state index in [1.54, 1.807) is 11.3 Å². The van der Waals surface area contributed by atoms with Crippen LogP contribution in [0.4, 0.5) is 0 Å². The van der Waals surface area contributed by atoms with Crippen molar-refractivity contribution in [2.75, 3.05) is 19.7 Å². The third-order valence-corrected chi connectivity index (χ3v) is 6.59. The van der Waals surface area contributed by atoms with Gasteiger partial charge >= 0.3 is 0 Å². The standard InChI is InChI=1S/C23H24N2O3S/c26-23(21-2-1-12-27-21)25-10-7-20(8-11-25)28-19-5-3-16(4-6-19)18-14-17-9-13-29-22(17)24-15-18/h3-6,9,13-15,20-21H,1-2,7-8,10-12H2. The third kappa shape index (κ3) is 4.00. The summed E-state index contributed by atoms with van der Waals surface area (Å²) in [6.07, 6.45) is 5.42. The summed E-state index contributed by atoms with van der Waals surface area (Å²) in [5.74, 6) is 1.03. The van der Waals surface area contributed by atoms with Crippen LogP contribution in [0.3, 0.4) is 0 Å². The Morgan fingerprint density at radius 3 is 2.69 bits per heavy atom. The Bertz CT molecular complexity index is 987. The van der Waals surface area contributed by atoms with Gasteiger partial charge in [0.15, 0.2) is 0 Å². The fraction of sp³-hybridized carbons (Fsp3) is 0.391. The van der Waals surface area contributed by atoms with Crippen molar-refractivity contribution in [3.63, 3.8) is 0 Å². The van der Waals surface area contributed by atoms with E-state index in [-0.39, 0.29) is 18.1 Å². The van der Waals surface area contributed by atoms with Crippen molar-refractivity contribution < 1.29 is 14.3 Å². The van der Waals surface area contributed by atoms with Crippen molar-refractivity contribution in [1.82, 2.24) is 9.88 Å². The van der Waals surface area contributed by atoms with E-state index in [4.69, 9.17) is 9.47 Å². The molecule has 0 saturated carbocycles. The number of piperidine rings is 1. The summed E-state index contributed by atoms with van der Waals surface area (Å²) in [5, 5.41) is 3.25. The number of rotatable bonds is 4. The molecule has 1 aromatic carbocycles. The van der Waals surface area contributed by atoms with E-state index in [1.807, 2.05) is 23.2 Å². The Morgan fingerprint density at radius 1 is 1.10 bits per heavy atom. The lowest BCUT2D eigenvalue weighted by molar-refractivity contribution is -0.142. The summed E-state index contributed by atoms with van der Waals surface area (Å²) in [6.45, 7) is 2.20. The Balaban J connectivity index is 1.18. The van der Waals surface area contributed by atoms with Crippen molar-refractivity contribution in [3.05, 3.63) is 48.0 Å². The van der Waals surface area contributed by atoms with Crippen LogP contribution in [-0.4, -0.2) is 47.7 Å². The number of carbonyl (C=O) groups is 1. The Labute approximate surface area is 174 Å². The fourth-order valence-electron chi connectivity index (χ4n) is 4.11. The summed E-state index contributed by atoms with van der Waals surface area (Å²) in [7, 11) is 0. The van der Waals surface area contributed by atoms with Crippen LogP contribution in [-0.2, 0) is 9.53 Å². The van der Waals surface area contributed by atoms with Gasteiger partial charge in [0.1, 0.15) is 22.8 Å². The molecule has 1 unspecified atom stereocenters. The lowest BCUT2D eigenvalue weighted by atomic mass is 10.1. The quantitative estimate of drug-likeness (QED) is 0.637.